The second kappa shape index (κ2) is 13.1. The van der Waals surface area contributed by atoms with Gasteiger partial charge in [0.15, 0.2) is 5.82 Å². The number of aromatic nitrogens is 4. The summed E-state index contributed by atoms with van der Waals surface area (Å²) >= 11 is 0. The molecule has 3 aromatic heterocycles. The maximum absolute atomic E-state index is 5.45. The zero-order chi connectivity index (χ0) is 37.0. The van der Waals surface area contributed by atoms with E-state index in [0.29, 0.717) is 5.82 Å². The molecule has 0 atom stereocenters. The molecule has 0 saturated heterocycles. The Hall–Kier alpha value is -7.56. The molecule has 0 N–H and O–H groups in total. The van der Waals surface area contributed by atoms with Crippen LogP contribution in [0.15, 0.2) is 206 Å². The maximum atomic E-state index is 5.45. The molecule has 56 heavy (non-hydrogen) atoms. The number of hydrogen-bond donors (Lipinski definition) is 0. The monoisotopic (exact) mass is 714 g/mol. The quantitative estimate of drug-likeness (QED) is 0.172. The van der Waals surface area contributed by atoms with E-state index in [0.717, 1.165) is 72.6 Å². The summed E-state index contributed by atoms with van der Waals surface area (Å²) in [6.07, 6.45) is 0. The van der Waals surface area contributed by atoms with Gasteiger partial charge in [0.25, 0.3) is 0 Å². The molecule has 0 bridgehead atoms. The molecule has 0 amide bonds. The third-order valence-electron chi connectivity index (χ3n) is 10.9. The highest BCUT2D eigenvalue weighted by Gasteiger charge is 2.20. The first-order valence-electron chi connectivity index (χ1n) is 19.0. The van der Waals surface area contributed by atoms with Crippen LogP contribution in [0.3, 0.4) is 0 Å². The first kappa shape index (κ1) is 31.9. The van der Waals surface area contributed by atoms with Crippen molar-refractivity contribution in [3.63, 3.8) is 0 Å². The number of rotatable bonds is 6. The van der Waals surface area contributed by atoms with Crippen molar-refractivity contribution in [2.75, 3.05) is 0 Å². The first-order valence-corrected chi connectivity index (χ1v) is 19.0. The maximum Gasteiger partial charge on any atom is 0.160 e. The minimum atomic E-state index is 0.672. The van der Waals surface area contributed by atoms with Crippen molar-refractivity contribution in [3.8, 4) is 56.5 Å². The summed E-state index contributed by atoms with van der Waals surface area (Å²) in [5.74, 6) is 0.672. The van der Waals surface area contributed by atoms with Crippen LogP contribution in [0.1, 0.15) is 0 Å². The highest BCUT2D eigenvalue weighted by atomic mass is 15.0. The van der Waals surface area contributed by atoms with E-state index in [4.69, 9.17) is 9.97 Å². The topological polar surface area (TPSA) is 35.6 Å². The molecule has 4 nitrogen and oxygen atoms in total. The molecule has 11 rings (SSSR count). The van der Waals surface area contributed by atoms with Crippen LogP contribution >= 0.6 is 0 Å². The van der Waals surface area contributed by atoms with E-state index in [-0.39, 0.29) is 0 Å². The Morgan fingerprint density at radius 3 is 1.46 bits per heavy atom. The highest BCUT2D eigenvalue weighted by molar-refractivity contribution is 5.97. The molecule has 0 unspecified atom stereocenters. The highest BCUT2D eigenvalue weighted by Crippen LogP contribution is 2.38. The third kappa shape index (κ3) is 5.39. The third-order valence-corrected chi connectivity index (χ3v) is 10.9. The average Bonchev–Trinajstić information content (AvgIpc) is 3.86. The summed E-state index contributed by atoms with van der Waals surface area (Å²) in [5, 5.41) is 5.76. The second-order valence-corrected chi connectivity index (χ2v) is 14.3. The minimum Gasteiger partial charge on any atom is -0.309 e. The van der Waals surface area contributed by atoms with Crippen molar-refractivity contribution in [1.82, 2.24) is 19.1 Å². The Morgan fingerprint density at radius 1 is 0.321 bits per heavy atom. The summed E-state index contributed by atoms with van der Waals surface area (Å²) in [6.45, 7) is 0. The summed E-state index contributed by atoms with van der Waals surface area (Å²) in [6, 6.07) is 73.4. The molecule has 0 aliphatic rings. The minimum absolute atomic E-state index is 0.672. The largest absolute Gasteiger partial charge is 0.309 e. The molecular weight excluding hydrogens is 681 g/mol. The molecule has 4 heteroatoms. The van der Waals surface area contributed by atoms with Gasteiger partial charge in [0.05, 0.1) is 33.6 Å². The van der Waals surface area contributed by atoms with E-state index in [1.807, 2.05) is 0 Å². The van der Waals surface area contributed by atoms with Crippen molar-refractivity contribution in [1.29, 1.82) is 0 Å². The van der Waals surface area contributed by atoms with E-state index in [9.17, 15) is 0 Å². The lowest BCUT2D eigenvalue weighted by Gasteiger charge is -2.18. The van der Waals surface area contributed by atoms with Gasteiger partial charge >= 0.3 is 0 Å². The normalized spacial score (nSPS) is 11.6. The van der Waals surface area contributed by atoms with Crippen molar-refractivity contribution in [2.45, 2.75) is 0 Å². The summed E-state index contributed by atoms with van der Waals surface area (Å²) in [7, 11) is 0. The van der Waals surface area contributed by atoms with Gasteiger partial charge in [0, 0.05) is 38.7 Å². The zero-order valence-corrected chi connectivity index (χ0v) is 30.4. The van der Waals surface area contributed by atoms with Crippen LogP contribution in [0.5, 0.6) is 0 Å². The van der Waals surface area contributed by atoms with Crippen LogP contribution in [0.25, 0.3) is 100 Å². The van der Waals surface area contributed by atoms with Gasteiger partial charge in [0.2, 0.25) is 0 Å². The lowest BCUT2D eigenvalue weighted by Crippen LogP contribution is -2.03. The van der Waals surface area contributed by atoms with Gasteiger partial charge in [-0.25, -0.2) is 9.97 Å². The second-order valence-electron chi connectivity index (χ2n) is 14.3. The molecular formula is C52H34N4. The predicted molar refractivity (Wildman–Crippen MR) is 232 cm³/mol. The van der Waals surface area contributed by atoms with Gasteiger partial charge in [-0.1, -0.05) is 152 Å². The first-order chi connectivity index (χ1) is 27.7. The van der Waals surface area contributed by atoms with Gasteiger partial charge in [0.1, 0.15) is 0 Å². The number of nitrogens with zero attached hydrogens (tertiary/aromatic N) is 4. The Morgan fingerprint density at radius 2 is 0.839 bits per heavy atom. The fourth-order valence-corrected chi connectivity index (χ4v) is 8.25. The molecule has 0 fully saturated rings. The Kier molecular flexibility index (Phi) is 7.46. The van der Waals surface area contributed by atoms with Gasteiger partial charge < -0.3 is 9.13 Å². The lowest BCUT2D eigenvalue weighted by atomic mass is 10.0. The van der Waals surface area contributed by atoms with Crippen LogP contribution in [0, 0.1) is 0 Å². The molecule has 0 radical (unpaired) electrons. The fraction of sp³-hybridized carbons (Fsp3) is 0. The van der Waals surface area contributed by atoms with E-state index in [1.54, 1.807) is 0 Å². The number of fused-ring (bicyclic) bond motifs is 4. The summed E-state index contributed by atoms with van der Waals surface area (Å²) in [4.78, 5) is 10.7. The van der Waals surface area contributed by atoms with Crippen molar-refractivity contribution in [2.24, 2.45) is 0 Å². The van der Waals surface area contributed by atoms with Crippen LogP contribution < -0.4 is 0 Å². The van der Waals surface area contributed by atoms with Crippen LogP contribution in [-0.2, 0) is 0 Å². The number of para-hydroxylation sites is 3. The molecule has 3 heterocycles. The average molecular weight is 715 g/mol. The molecule has 8 aromatic carbocycles. The fourth-order valence-electron chi connectivity index (χ4n) is 8.25. The van der Waals surface area contributed by atoms with E-state index in [1.165, 1.54) is 21.5 Å². The number of hydrogen-bond acceptors (Lipinski definition) is 2. The smallest absolute Gasteiger partial charge is 0.160 e. The Labute approximate surface area is 324 Å². The van der Waals surface area contributed by atoms with Crippen LogP contribution in [0.2, 0.25) is 0 Å². The van der Waals surface area contributed by atoms with Crippen molar-refractivity contribution < 1.29 is 0 Å². The van der Waals surface area contributed by atoms with E-state index < -0.39 is 0 Å². The zero-order valence-electron chi connectivity index (χ0n) is 30.4. The number of benzene rings is 8. The van der Waals surface area contributed by atoms with Gasteiger partial charge in [-0.2, -0.15) is 0 Å². The van der Waals surface area contributed by atoms with Gasteiger partial charge in [-0.15, -0.1) is 0 Å². The predicted octanol–water partition coefficient (Wildman–Crippen LogP) is 13.3. The SMILES string of the molecule is c1ccc(-c2cc3ccccc3n2-c2cc(-c3nc(-c4ccc5ccccc5c4)c4ccccc4n3)cc(-n3c(-c4ccccc4)cc4ccccc43)c2)cc1. The summed E-state index contributed by atoms with van der Waals surface area (Å²) in [5.41, 5.74) is 12.6. The van der Waals surface area contributed by atoms with Crippen molar-refractivity contribution >= 4 is 43.5 Å². The van der Waals surface area contributed by atoms with Gasteiger partial charge in [-0.3, -0.25) is 0 Å². The standard InChI is InChI=1S/C52H34N4/c1-3-16-36(17-4-1)49-32-39-21-9-13-25-47(39)55(49)43-30-42(31-44(34-43)56-48-26-14-10-22-40(48)33-50(56)37-18-5-2-6-19-37)52-53-46-24-12-11-23-45(46)51(54-52)41-28-27-35-15-7-8-20-38(35)29-41/h1-34H. The van der Waals surface area contributed by atoms with Crippen LogP contribution in [-0.4, -0.2) is 19.1 Å². The summed E-state index contributed by atoms with van der Waals surface area (Å²) < 4.78 is 4.77. The molecule has 0 spiro atoms. The van der Waals surface area contributed by atoms with Crippen LogP contribution in [0.4, 0.5) is 0 Å². The molecule has 0 saturated carbocycles. The van der Waals surface area contributed by atoms with Gasteiger partial charge in [-0.05, 0) is 76.5 Å². The molecule has 0 aliphatic heterocycles. The Bertz CT molecular complexity index is 3110. The van der Waals surface area contributed by atoms with E-state index >= 15 is 0 Å². The molecule has 0 aliphatic carbocycles. The van der Waals surface area contributed by atoms with E-state index in [2.05, 4.69) is 215 Å². The molecule has 262 valence electrons. The lowest BCUT2D eigenvalue weighted by molar-refractivity contribution is 1.09. The Balaban J connectivity index is 1.23. The van der Waals surface area contributed by atoms with Crippen molar-refractivity contribution in [3.05, 3.63) is 206 Å². The molecule has 11 aromatic rings.